The summed E-state index contributed by atoms with van der Waals surface area (Å²) in [5, 5.41) is 6.26. The molecule has 2 heterocycles. The maximum Gasteiger partial charge on any atom is 0.407 e. The average Bonchev–Trinajstić information content (AvgIpc) is 3.38. The van der Waals surface area contributed by atoms with Crippen LogP contribution in [0.15, 0.2) is 54.9 Å². The number of aromatic nitrogens is 2. The molecule has 5 rings (SSSR count). The number of imidazole rings is 1. The van der Waals surface area contributed by atoms with Crippen LogP contribution < -0.4 is 10.6 Å². The largest absolute Gasteiger partial charge is 0.453 e. The molecule has 3 aromatic rings. The lowest BCUT2D eigenvalue weighted by Crippen LogP contribution is -2.54. The maximum absolute atomic E-state index is 14.1. The molecule has 1 saturated carbocycles. The molecule has 10 heteroatoms. The third kappa shape index (κ3) is 5.95. The van der Waals surface area contributed by atoms with Gasteiger partial charge in [0.05, 0.1) is 31.2 Å². The van der Waals surface area contributed by atoms with E-state index in [1.165, 1.54) is 19.2 Å². The van der Waals surface area contributed by atoms with Crippen molar-refractivity contribution in [2.24, 2.45) is 0 Å². The van der Waals surface area contributed by atoms with Crippen LogP contribution in [0.3, 0.4) is 0 Å². The Kier molecular flexibility index (Phi) is 8.21. The van der Waals surface area contributed by atoms with Crippen LogP contribution in [0.4, 0.5) is 13.6 Å². The van der Waals surface area contributed by atoms with Crippen molar-refractivity contribution in [1.29, 1.82) is 0 Å². The van der Waals surface area contributed by atoms with Gasteiger partial charge in [0.15, 0.2) is 5.69 Å². The standard InChI is InChI=1S/C29H33F2N5O3/c1-39-29(38)34-24-9-5-6-10-25(24)36-18-33-26(27(36)20-7-3-2-4-8-20)28(37)35-12-11-32-17-23(35)15-19-13-21(30)16-22(31)14-19/h2-4,7-8,13-14,16,18,23-25,32H,5-6,9-12,15,17H2,1H3,(H,34,38)/t23-,24+,25+/m1/s1. The Bertz CT molecular complexity index is 1300. The molecule has 1 aliphatic heterocycles. The van der Waals surface area contributed by atoms with Crippen LogP contribution in [0.1, 0.15) is 47.8 Å². The fraction of sp³-hybridized carbons (Fsp3) is 0.414. The first-order chi connectivity index (χ1) is 18.9. The Balaban J connectivity index is 1.50. The highest BCUT2D eigenvalue weighted by Crippen LogP contribution is 2.35. The van der Waals surface area contributed by atoms with Crippen LogP contribution in [0, 0.1) is 11.6 Å². The molecule has 2 aromatic carbocycles. The second-order valence-electron chi connectivity index (χ2n) is 10.1. The number of carbonyl (C=O) groups is 2. The van der Waals surface area contributed by atoms with Gasteiger partial charge in [0, 0.05) is 37.3 Å². The minimum atomic E-state index is -0.639. The molecule has 3 atom stereocenters. The molecule has 2 aliphatic rings. The van der Waals surface area contributed by atoms with E-state index in [1.54, 1.807) is 11.2 Å². The van der Waals surface area contributed by atoms with E-state index >= 15 is 0 Å². The zero-order valence-electron chi connectivity index (χ0n) is 21.9. The molecule has 39 heavy (non-hydrogen) atoms. The second-order valence-corrected chi connectivity index (χ2v) is 10.1. The lowest BCUT2D eigenvalue weighted by molar-refractivity contribution is 0.0631. The third-order valence-electron chi connectivity index (χ3n) is 7.62. The van der Waals surface area contributed by atoms with E-state index in [2.05, 4.69) is 15.6 Å². The summed E-state index contributed by atoms with van der Waals surface area (Å²) in [4.78, 5) is 32.6. The molecule has 2 amide bonds. The van der Waals surface area contributed by atoms with E-state index in [4.69, 9.17) is 4.74 Å². The summed E-state index contributed by atoms with van der Waals surface area (Å²) in [5.41, 5.74) is 2.35. The number of amides is 2. The lowest BCUT2D eigenvalue weighted by atomic mass is 9.89. The van der Waals surface area contributed by atoms with Crippen LogP contribution in [-0.2, 0) is 11.2 Å². The predicted molar refractivity (Wildman–Crippen MR) is 142 cm³/mol. The number of hydrogen-bond donors (Lipinski definition) is 2. The fourth-order valence-electron chi connectivity index (χ4n) is 5.82. The van der Waals surface area contributed by atoms with Crippen LogP contribution in [0.2, 0.25) is 0 Å². The van der Waals surface area contributed by atoms with Crippen LogP contribution in [0.5, 0.6) is 0 Å². The molecule has 1 aromatic heterocycles. The zero-order valence-corrected chi connectivity index (χ0v) is 21.9. The average molecular weight is 538 g/mol. The summed E-state index contributed by atoms with van der Waals surface area (Å²) in [5.74, 6) is -1.51. The Morgan fingerprint density at radius 2 is 1.85 bits per heavy atom. The number of halogens is 2. The summed E-state index contributed by atoms with van der Waals surface area (Å²) in [6, 6.07) is 12.5. The summed E-state index contributed by atoms with van der Waals surface area (Å²) in [6.07, 6.45) is 5.10. The molecule has 8 nitrogen and oxygen atoms in total. The zero-order chi connectivity index (χ0) is 27.4. The molecule has 1 saturated heterocycles. The summed E-state index contributed by atoms with van der Waals surface area (Å²) < 4.78 is 34.6. The number of hydrogen-bond acceptors (Lipinski definition) is 5. The van der Waals surface area contributed by atoms with Crippen molar-refractivity contribution in [3.63, 3.8) is 0 Å². The molecule has 206 valence electrons. The van der Waals surface area contributed by atoms with Gasteiger partial charge in [0.1, 0.15) is 11.6 Å². The number of rotatable bonds is 6. The normalized spacial score (nSPS) is 21.4. The van der Waals surface area contributed by atoms with Gasteiger partial charge in [-0.05, 0) is 37.0 Å². The highest BCUT2D eigenvalue weighted by molar-refractivity contribution is 5.98. The number of piperazine rings is 1. The molecule has 2 fully saturated rings. The quantitative estimate of drug-likeness (QED) is 0.489. The number of alkyl carbamates (subject to hydrolysis) is 1. The minimum Gasteiger partial charge on any atom is -0.453 e. The van der Waals surface area contributed by atoms with Crippen molar-refractivity contribution in [3.05, 3.63) is 77.8 Å². The number of methoxy groups -OCH3 is 1. The van der Waals surface area contributed by atoms with E-state index in [-0.39, 0.29) is 24.0 Å². The number of nitrogens with one attached hydrogen (secondary N) is 2. The Morgan fingerprint density at radius 1 is 1.10 bits per heavy atom. The minimum absolute atomic E-state index is 0.101. The topological polar surface area (TPSA) is 88.5 Å². The first kappa shape index (κ1) is 26.8. The van der Waals surface area contributed by atoms with Crippen molar-refractivity contribution in [2.45, 2.75) is 50.2 Å². The molecule has 0 unspecified atom stereocenters. The van der Waals surface area contributed by atoms with Crippen molar-refractivity contribution in [2.75, 3.05) is 26.7 Å². The number of nitrogens with zero attached hydrogens (tertiary/aromatic N) is 3. The third-order valence-corrected chi connectivity index (χ3v) is 7.62. The fourth-order valence-corrected chi connectivity index (χ4v) is 5.82. The van der Waals surface area contributed by atoms with Gasteiger partial charge in [-0.1, -0.05) is 43.2 Å². The van der Waals surface area contributed by atoms with Crippen molar-refractivity contribution in [3.8, 4) is 11.3 Å². The highest BCUT2D eigenvalue weighted by atomic mass is 19.1. The van der Waals surface area contributed by atoms with Crippen molar-refractivity contribution >= 4 is 12.0 Å². The molecule has 0 spiro atoms. The molecular formula is C29H33F2N5O3. The van der Waals surface area contributed by atoms with Gasteiger partial charge in [0.25, 0.3) is 5.91 Å². The Labute approximate surface area is 226 Å². The van der Waals surface area contributed by atoms with Crippen LogP contribution in [0.25, 0.3) is 11.3 Å². The molecule has 0 radical (unpaired) electrons. The predicted octanol–water partition coefficient (Wildman–Crippen LogP) is 4.32. The molecular weight excluding hydrogens is 504 g/mol. The highest BCUT2D eigenvalue weighted by Gasteiger charge is 2.35. The van der Waals surface area contributed by atoms with Gasteiger partial charge in [-0.25, -0.2) is 18.6 Å². The second kappa shape index (κ2) is 11.9. The SMILES string of the molecule is COC(=O)N[C@H]1CCCC[C@@H]1n1cnc(C(=O)N2CCNC[C@H]2Cc2cc(F)cc(F)c2)c1-c1ccccc1. The molecule has 2 N–H and O–H groups in total. The van der Waals surface area contributed by atoms with Crippen LogP contribution >= 0.6 is 0 Å². The van der Waals surface area contributed by atoms with E-state index in [0.29, 0.717) is 43.0 Å². The number of carbonyl (C=O) groups excluding carboxylic acids is 2. The van der Waals surface area contributed by atoms with Crippen LogP contribution in [-0.4, -0.2) is 65.3 Å². The van der Waals surface area contributed by atoms with Gasteiger partial charge in [-0.3, -0.25) is 4.79 Å². The molecule has 1 aliphatic carbocycles. The van der Waals surface area contributed by atoms with Crippen molar-refractivity contribution in [1.82, 2.24) is 25.1 Å². The van der Waals surface area contributed by atoms with Gasteiger partial charge in [-0.2, -0.15) is 0 Å². The van der Waals surface area contributed by atoms with Gasteiger partial charge in [0.2, 0.25) is 0 Å². The van der Waals surface area contributed by atoms with Gasteiger partial charge < -0.3 is 24.8 Å². The first-order valence-electron chi connectivity index (χ1n) is 13.4. The Hall–Kier alpha value is -3.79. The van der Waals surface area contributed by atoms with E-state index in [0.717, 1.165) is 37.3 Å². The van der Waals surface area contributed by atoms with E-state index in [1.807, 2.05) is 34.9 Å². The first-order valence-corrected chi connectivity index (χ1v) is 13.4. The summed E-state index contributed by atoms with van der Waals surface area (Å²) in [7, 11) is 1.35. The summed E-state index contributed by atoms with van der Waals surface area (Å²) in [6.45, 7) is 1.55. The van der Waals surface area contributed by atoms with E-state index in [9.17, 15) is 18.4 Å². The lowest BCUT2D eigenvalue weighted by Gasteiger charge is -2.36. The van der Waals surface area contributed by atoms with E-state index < -0.39 is 17.7 Å². The van der Waals surface area contributed by atoms with Gasteiger partial charge in [-0.15, -0.1) is 0 Å². The maximum atomic E-state index is 14.1. The van der Waals surface area contributed by atoms with Crippen molar-refractivity contribution < 1.29 is 23.1 Å². The number of benzene rings is 2. The Morgan fingerprint density at radius 3 is 2.59 bits per heavy atom. The summed E-state index contributed by atoms with van der Waals surface area (Å²) >= 11 is 0. The monoisotopic (exact) mass is 537 g/mol. The molecule has 0 bridgehead atoms. The number of ether oxygens (including phenoxy) is 1. The van der Waals surface area contributed by atoms with Gasteiger partial charge >= 0.3 is 6.09 Å². The smallest absolute Gasteiger partial charge is 0.407 e.